The standard InChI is InChI=1S/C15H17N3O2/c1-9(2)16-13-8-12(15(19)20)17-14(18-13)11-7-5-4-6-10(11)3/h4-9H,1-3H3,(H,19,20)(H,16,17,18). The second-order valence-corrected chi connectivity index (χ2v) is 4.88. The van der Waals surface area contributed by atoms with Gasteiger partial charge in [-0.1, -0.05) is 24.3 Å². The van der Waals surface area contributed by atoms with Crippen LogP contribution in [0.4, 0.5) is 5.82 Å². The molecule has 0 unspecified atom stereocenters. The van der Waals surface area contributed by atoms with Crippen molar-refractivity contribution in [2.45, 2.75) is 26.8 Å². The van der Waals surface area contributed by atoms with E-state index in [1.165, 1.54) is 6.07 Å². The maximum atomic E-state index is 11.2. The van der Waals surface area contributed by atoms with Crippen LogP contribution in [0.5, 0.6) is 0 Å². The summed E-state index contributed by atoms with van der Waals surface area (Å²) >= 11 is 0. The Balaban J connectivity index is 2.55. The minimum atomic E-state index is -1.06. The fourth-order valence-electron chi connectivity index (χ4n) is 1.87. The summed E-state index contributed by atoms with van der Waals surface area (Å²) in [5, 5.41) is 12.3. The molecule has 5 nitrogen and oxygen atoms in total. The zero-order valence-corrected chi connectivity index (χ0v) is 11.7. The molecule has 0 fully saturated rings. The minimum absolute atomic E-state index is 0.0126. The number of anilines is 1. The summed E-state index contributed by atoms with van der Waals surface area (Å²) in [5.41, 5.74) is 1.83. The van der Waals surface area contributed by atoms with Crippen LogP contribution >= 0.6 is 0 Å². The fraction of sp³-hybridized carbons (Fsp3) is 0.267. The van der Waals surface area contributed by atoms with Crippen LogP contribution in [-0.2, 0) is 0 Å². The Hall–Kier alpha value is -2.43. The van der Waals surface area contributed by atoms with Gasteiger partial charge in [0.2, 0.25) is 0 Å². The van der Waals surface area contributed by atoms with E-state index in [0.29, 0.717) is 11.6 Å². The Kier molecular flexibility index (Phi) is 3.98. The average molecular weight is 271 g/mol. The highest BCUT2D eigenvalue weighted by Crippen LogP contribution is 2.21. The van der Waals surface area contributed by atoms with Crippen LogP contribution in [0.15, 0.2) is 30.3 Å². The third-order valence-corrected chi connectivity index (χ3v) is 2.77. The Morgan fingerprint density at radius 1 is 1.25 bits per heavy atom. The lowest BCUT2D eigenvalue weighted by molar-refractivity contribution is 0.0690. The van der Waals surface area contributed by atoms with Crippen molar-refractivity contribution in [1.82, 2.24) is 9.97 Å². The highest BCUT2D eigenvalue weighted by Gasteiger charge is 2.13. The number of hydrogen-bond donors (Lipinski definition) is 2. The van der Waals surface area contributed by atoms with Crippen molar-refractivity contribution < 1.29 is 9.90 Å². The predicted molar refractivity (Wildman–Crippen MR) is 77.9 cm³/mol. The smallest absolute Gasteiger partial charge is 0.354 e. The number of benzene rings is 1. The first-order valence-electron chi connectivity index (χ1n) is 6.42. The normalized spacial score (nSPS) is 10.6. The van der Waals surface area contributed by atoms with Crippen molar-refractivity contribution >= 4 is 11.8 Å². The summed E-state index contributed by atoms with van der Waals surface area (Å²) < 4.78 is 0. The van der Waals surface area contributed by atoms with Gasteiger partial charge in [-0.2, -0.15) is 0 Å². The number of carboxylic acids is 1. The van der Waals surface area contributed by atoms with E-state index in [2.05, 4.69) is 15.3 Å². The van der Waals surface area contributed by atoms with Crippen molar-refractivity contribution in [2.24, 2.45) is 0 Å². The van der Waals surface area contributed by atoms with Gasteiger partial charge in [0.15, 0.2) is 11.5 Å². The van der Waals surface area contributed by atoms with E-state index in [9.17, 15) is 4.79 Å². The highest BCUT2D eigenvalue weighted by molar-refractivity contribution is 5.87. The number of aromatic nitrogens is 2. The van der Waals surface area contributed by atoms with E-state index < -0.39 is 5.97 Å². The molecule has 0 aliphatic heterocycles. The Morgan fingerprint density at radius 2 is 1.95 bits per heavy atom. The summed E-state index contributed by atoms with van der Waals surface area (Å²) in [4.78, 5) is 19.7. The van der Waals surface area contributed by atoms with Crippen LogP contribution in [0.3, 0.4) is 0 Å². The zero-order valence-electron chi connectivity index (χ0n) is 11.7. The molecule has 0 aliphatic rings. The second-order valence-electron chi connectivity index (χ2n) is 4.88. The number of nitrogens with zero attached hydrogens (tertiary/aromatic N) is 2. The third kappa shape index (κ3) is 3.12. The predicted octanol–water partition coefficient (Wildman–Crippen LogP) is 2.97. The van der Waals surface area contributed by atoms with Crippen molar-refractivity contribution in [3.63, 3.8) is 0 Å². The SMILES string of the molecule is Cc1ccccc1-c1nc(NC(C)C)cc(C(=O)O)n1. The molecule has 0 amide bonds. The van der Waals surface area contributed by atoms with E-state index in [-0.39, 0.29) is 11.7 Å². The summed E-state index contributed by atoms with van der Waals surface area (Å²) in [6.45, 7) is 5.88. The van der Waals surface area contributed by atoms with E-state index in [1.54, 1.807) is 0 Å². The van der Waals surface area contributed by atoms with Gasteiger partial charge in [-0.05, 0) is 26.3 Å². The summed E-state index contributed by atoms with van der Waals surface area (Å²) in [7, 11) is 0. The molecule has 2 rings (SSSR count). The minimum Gasteiger partial charge on any atom is -0.477 e. The Bertz CT molecular complexity index is 639. The molecule has 0 aliphatic carbocycles. The van der Waals surface area contributed by atoms with E-state index in [0.717, 1.165) is 11.1 Å². The van der Waals surface area contributed by atoms with Gasteiger partial charge in [-0.25, -0.2) is 14.8 Å². The van der Waals surface area contributed by atoms with Gasteiger partial charge in [0, 0.05) is 17.7 Å². The van der Waals surface area contributed by atoms with E-state index in [1.807, 2.05) is 45.0 Å². The van der Waals surface area contributed by atoms with Gasteiger partial charge in [0.05, 0.1) is 0 Å². The Labute approximate surface area is 117 Å². The summed E-state index contributed by atoms with van der Waals surface area (Å²) in [5.74, 6) is -0.120. The van der Waals surface area contributed by atoms with Crippen molar-refractivity contribution in [1.29, 1.82) is 0 Å². The van der Waals surface area contributed by atoms with Crippen LogP contribution < -0.4 is 5.32 Å². The Morgan fingerprint density at radius 3 is 2.55 bits per heavy atom. The number of rotatable bonds is 4. The number of carboxylic acid groups (broad SMARTS) is 1. The van der Waals surface area contributed by atoms with Crippen molar-refractivity contribution in [2.75, 3.05) is 5.32 Å². The molecule has 0 atom stereocenters. The van der Waals surface area contributed by atoms with Crippen LogP contribution in [0.1, 0.15) is 29.9 Å². The molecule has 0 saturated heterocycles. The first-order valence-corrected chi connectivity index (χ1v) is 6.42. The molecule has 2 N–H and O–H groups in total. The maximum Gasteiger partial charge on any atom is 0.354 e. The average Bonchev–Trinajstić information content (AvgIpc) is 2.38. The number of aromatic carboxylic acids is 1. The summed E-state index contributed by atoms with van der Waals surface area (Å²) in [6, 6.07) is 9.25. The molecule has 5 heteroatoms. The van der Waals surface area contributed by atoms with Crippen LogP contribution in [0.25, 0.3) is 11.4 Å². The van der Waals surface area contributed by atoms with Gasteiger partial charge >= 0.3 is 5.97 Å². The van der Waals surface area contributed by atoms with E-state index >= 15 is 0 Å². The molecule has 1 heterocycles. The lowest BCUT2D eigenvalue weighted by Gasteiger charge is -2.12. The van der Waals surface area contributed by atoms with Gasteiger partial charge < -0.3 is 10.4 Å². The van der Waals surface area contributed by atoms with Gasteiger partial charge in [-0.15, -0.1) is 0 Å². The monoisotopic (exact) mass is 271 g/mol. The first kappa shape index (κ1) is 14.0. The third-order valence-electron chi connectivity index (χ3n) is 2.77. The molecule has 104 valence electrons. The molecular formula is C15H17N3O2. The van der Waals surface area contributed by atoms with Gasteiger partial charge in [-0.3, -0.25) is 0 Å². The van der Waals surface area contributed by atoms with Gasteiger partial charge in [0.1, 0.15) is 5.82 Å². The second kappa shape index (κ2) is 5.69. The van der Waals surface area contributed by atoms with Crippen LogP contribution in [0.2, 0.25) is 0 Å². The molecule has 0 radical (unpaired) electrons. The first-order chi connectivity index (χ1) is 9.47. The number of nitrogens with one attached hydrogen (secondary N) is 1. The van der Waals surface area contributed by atoms with Crippen molar-refractivity contribution in [3.05, 3.63) is 41.6 Å². The molecule has 0 spiro atoms. The highest BCUT2D eigenvalue weighted by atomic mass is 16.4. The van der Waals surface area contributed by atoms with Crippen LogP contribution in [0, 0.1) is 6.92 Å². The lowest BCUT2D eigenvalue weighted by atomic mass is 10.1. The van der Waals surface area contributed by atoms with Gasteiger partial charge in [0.25, 0.3) is 0 Å². The lowest BCUT2D eigenvalue weighted by Crippen LogP contribution is -2.13. The number of carbonyl (C=O) groups is 1. The topological polar surface area (TPSA) is 75.1 Å². The van der Waals surface area contributed by atoms with Crippen molar-refractivity contribution in [3.8, 4) is 11.4 Å². The summed E-state index contributed by atoms with van der Waals surface area (Å²) in [6.07, 6.45) is 0. The number of hydrogen-bond acceptors (Lipinski definition) is 4. The van der Waals surface area contributed by atoms with Crippen LogP contribution in [-0.4, -0.2) is 27.1 Å². The molecule has 0 bridgehead atoms. The molecule has 1 aromatic heterocycles. The molecule has 0 saturated carbocycles. The van der Waals surface area contributed by atoms with E-state index in [4.69, 9.17) is 5.11 Å². The largest absolute Gasteiger partial charge is 0.477 e. The molecule has 1 aromatic carbocycles. The molecule has 2 aromatic rings. The zero-order chi connectivity index (χ0) is 14.7. The molecule has 20 heavy (non-hydrogen) atoms. The number of aryl methyl sites for hydroxylation is 1. The quantitative estimate of drug-likeness (QED) is 0.894. The molecular weight excluding hydrogens is 254 g/mol. The maximum absolute atomic E-state index is 11.2. The fourth-order valence-corrected chi connectivity index (χ4v) is 1.87.